The van der Waals surface area contributed by atoms with Gasteiger partial charge in [0, 0.05) is 23.9 Å². The molecular weight excluding hydrogens is 320 g/mol. The molecule has 0 saturated heterocycles. The Labute approximate surface area is 146 Å². The number of hydrogen-bond acceptors (Lipinski definition) is 4. The molecule has 1 aromatic heterocycles. The molecule has 1 aliphatic rings. The molecule has 0 radical (unpaired) electrons. The average Bonchev–Trinajstić information content (AvgIpc) is 2.98. The van der Waals surface area contributed by atoms with Crippen molar-refractivity contribution in [2.24, 2.45) is 0 Å². The summed E-state index contributed by atoms with van der Waals surface area (Å²) >= 11 is 0. The number of benzene rings is 1. The maximum Gasteiger partial charge on any atom is 0.258 e. The number of ether oxygens (including phenoxy) is 1. The first-order chi connectivity index (χ1) is 12.1. The van der Waals surface area contributed by atoms with Crippen LogP contribution in [0.1, 0.15) is 38.0 Å². The average molecular weight is 344 g/mol. The monoisotopic (exact) mass is 344 g/mol. The summed E-state index contributed by atoms with van der Waals surface area (Å²) in [7, 11) is 0. The third kappa shape index (κ3) is 3.95. The highest BCUT2D eigenvalue weighted by Gasteiger charge is 2.18. The lowest BCUT2D eigenvalue weighted by molar-refractivity contribution is -0.129. The molecule has 25 heavy (non-hydrogen) atoms. The van der Waals surface area contributed by atoms with Crippen LogP contribution < -0.4 is 15.4 Å². The molecule has 1 aliphatic carbocycles. The van der Waals surface area contributed by atoms with Crippen LogP contribution in [-0.4, -0.2) is 31.0 Å². The molecule has 0 fully saturated rings. The Balaban J connectivity index is 1.61. The van der Waals surface area contributed by atoms with Gasteiger partial charge in [-0.25, -0.2) is 0 Å². The van der Waals surface area contributed by atoms with E-state index in [1.54, 1.807) is 13.0 Å². The zero-order valence-electron chi connectivity index (χ0n) is 14.7. The van der Waals surface area contributed by atoms with Gasteiger partial charge in [-0.1, -0.05) is 0 Å². The number of aryl methyl sites for hydroxylation is 2. The lowest BCUT2D eigenvalue weighted by atomic mass is 9.96. The fraction of sp³-hybridized carbons (Fsp3) is 0.474. The van der Waals surface area contributed by atoms with Gasteiger partial charge in [-0.15, -0.1) is 0 Å². The highest BCUT2D eigenvalue weighted by atomic mass is 16.5. The Morgan fingerprint density at radius 1 is 1.28 bits per heavy atom. The zero-order chi connectivity index (χ0) is 17.8. The normalized spacial score (nSPS) is 14.6. The van der Waals surface area contributed by atoms with Crippen molar-refractivity contribution >= 4 is 22.8 Å². The first kappa shape index (κ1) is 17.3. The Morgan fingerprint density at radius 2 is 2.08 bits per heavy atom. The molecule has 6 nitrogen and oxygen atoms in total. The van der Waals surface area contributed by atoms with E-state index < -0.39 is 6.04 Å². The molecule has 1 heterocycles. The van der Waals surface area contributed by atoms with Gasteiger partial charge in [0.05, 0.1) is 0 Å². The molecular formula is C19H24N2O4. The first-order valence-electron chi connectivity index (χ1n) is 8.82. The van der Waals surface area contributed by atoms with E-state index in [4.69, 9.17) is 9.15 Å². The summed E-state index contributed by atoms with van der Waals surface area (Å²) in [5.41, 5.74) is 2.13. The number of hydrogen-bond donors (Lipinski definition) is 2. The van der Waals surface area contributed by atoms with Gasteiger partial charge in [0.1, 0.15) is 23.1 Å². The Kier molecular flexibility index (Phi) is 5.26. The predicted octanol–water partition coefficient (Wildman–Crippen LogP) is 2.33. The summed E-state index contributed by atoms with van der Waals surface area (Å²) in [4.78, 5) is 23.6. The second-order valence-corrected chi connectivity index (χ2v) is 6.34. The van der Waals surface area contributed by atoms with Gasteiger partial charge in [0.2, 0.25) is 5.91 Å². The highest BCUT2D eigenvalue weighted by Crippen LogP contribution is 2.33. The van der Waals surface area contributed by atoms with Crippen LogP contribution in [-0.2, 0) is 22.4 Å². The van der Waals surface area contributed by atoms with E-state index in [-0.39, 0.29) is 18.4 Å². The van der Waals surface area contributed by atoms with Crippen LogP contribution in [0.5, 0.6) is 5.75 Å². The molecule has 2 amide bonds. The van der Waals surface area contributed by atoms with Gasteiger partial charge in [-0.2, -0.15) is 0 Å². The van der Waals surface area contributed by atoms with Crippen molar-refractivity contribution in [1.82, 2.24) is 10.6 Å². The molecule has 1 aromatic carbocycles. The number of nitrogens with one attached hydrogen (secondary N) is 2. The summed E-state index contributed by atoms with van der Waals surface area (Å²) in [5, 5.41) is 6.36. The van der Waals surface area contributed by atoms with Gasteiger partial charge in [-0.05, 0) is 51.3 Å². The van der Waals surface area contributed by atoms with Gasteiger partial charge < -0.3 is 19.8 Å². The summed E-state index contributed by atoms with van der Waals surface area (Å²) in [6, 6.07) is 5.04. The third-order valence-corrected chi connectivity index (χ3v) is 4.42. The number of carbonyl (C=O) groups is 2. The molecule has 3 rings (SSSR count). The van der Waals surface area contributed by atoms with Crippen molar-refractivity contribution in [3.05, 3.63) is 29.5 Å². The molecule has 0 spiro atoms. The van der Waals surface area contributed by atoms with E-state index >= 15 is 0 Å². The van der Waals surface area contributed by atoms with Crippen LogP contribution >= 0.6 is 0 Å². The smallest absolute Gasteiger partial charge is 0.258 e. The molecule has 0 bridgehead atoms. The van der Waals surface area contributed by atoms with E-state index in [2.05, 4.69) is 10.6 Å². The topological polar surface area (TPSA) is 80.6 Å². The highest BCUT2D eigenvalue weighted by molar-refractivity contribution is 5.88. The molecule has 134 valence electrons. The number of amides is 2. The molecule has 2 aromatic rings. The van der Waals surface area contributed by atoms with Crippen molar-refractivity contribution in [3.8, 4) is 5.75 Å². The molecule has 0 aliphatic heterocycles. The van der Waals surface area contributed by atoms with Crippen LogP contribution in [0.15, 0.2) is 22.6 Å². The van der Waals surface area contributed by atoms with Gasteiger partial charge in [0.15, 0.2) is 6.61 Å². The van der Waals surface area contributed by atoms with Crippen LogP contribution in [0.3, 0.4) is 0 Å². The van der Waals surface area contributed by atoms with Crippen molar-refractivity contribution < 1.29 is 18.7 Å². The Morgan fingerprint density at radius 3 is 2.88 bits per heavy atom. The van der Waals surface area contributed by atoms with Crippen molar-refractivity contribution in [3.63, 3.8) is 0 Å². The second-order valence-electron chi connectivity index (χ2n) is 6.34. The summed E-state index contributed by atoms with van der Waals surface area (Å²) < 4.78 is 11.5. The fourth-order valence-corrected chi connectivity index (χ4v) is 3.16. The van der Waals surface area contributed by atoms with Gasteiger partial charge in [-0.3, -0.25) is 9.59 Å². The first-order valence-corrected chi connectivity index (χ1v) is 8.82. The summed E-state index contributed by atoms with van der Waals surface area (Å²) in [6.07, 6.45) is 4.35. The Bertz CT molecular complexity index is 781. The second kappa shape index (κ2) is 7.59. The number of carbonyl (C=O) groups excluding carboxylic acids is 2. The van der Waals surface area contributed by atoms with Crippen LogP contribution in [0.4, 0.5) is 0 Å². The summed E-state index contributed by atoms with van der Waals surface area (Å²) in [5.74, 6) is 1.17. The van der Waals surface area contributed by atoms with E-state index in [1.165, 1.54) is 18.4 Å². The number of rotatable bonds is 6. The molecule has 2 N–H and O–H groups in total. The lowest BCUT2D eigenvalue weighted by Crippen LogP contribution is -2.46. The minimum Gasteiger partial charge on any atom is -0.484 e. The van der Waals surface area contributed by atoms with Crippen molar-refractivity contribution in [2.45, 2.75) is 45.6 Å². The van der Waals surface area contributed by atoms with Crippen molar-refractivity contribution in [1.29, 1.82) is 0 Å². The number of likely N-dealkylation sites (N-methyl/N-ethyl adjacent to an activating group) is 1. The van der Waals surface area contributed by atoms with Crippen LogP contribution in [0, 0.1) is 0 Å². The third-order valence-electron chi connectivity index (χ3n) is 4.42. The van der Waals surface area contributed by atoms with E-state index in [0.29, 0.717) is 12.3 Å². The van der Waals surface area contributed by atoms with Crippen LogP contribution in [0.25, 0.3) is 11.0 Å². The van der Waals surface area contributed by atoms with E-state index in [9.17, 15) is 9.59 Å². The van der Waals surface area contributed by atoms with E-state index in [1.807, 2.05) is 19.1 Å². The Hall–Kier alpha value is -2.50. The minimum absolute atomic E-state index is 0.130. The van der Waals surface area contributed by atoms with Gasteiger partial charge in [0.25, 0.3) is 5.91 Å². The van der Waals surface area contributed by atoms with Gasteiger partial charge >= 0.3 is 0 Å². The summed E-state index contributed by atoms with van der Waals surface area (Å²) in [6.45, 7) is 3.88. The maximum atomic E-state index is 11.9. The van der Waals surface area contributed by atoms with Crippen molar-refractivity contribution in [2.75, 3.05) is 13.2 Å². The maximum absolute atomic E-state index is 11.9. The quantitative estimate of drug-likeness (QED) is 0.843. The van der Waals surface area contributed by atoms with E-state index in [0.717, 1.165) is 29.6 Å². The molecule has 0 saturated carbocycles. The largest absolute Gasteiger partial charge is 0.484 e. The standard InChI is InChI=1S/C19H24N2O4/c1-3-20-19(23)12(2)21-18(22)11-24-13-8-9-17-15(10-13)14-6-4-5-7-16(14)25-17/h8-10,12H,3-7,11H2,1-2H3,(H,20,23)(H,21,22). The SMILES string of the molecule is CCNC(=O)C(C)NC(=O)COc1ccc2oc3c(c2c1)CCCC3. The zero-order valence-corrected chi connectivity index (χ0v) is 14.7. The van der Waals surface area contributed by atoms with Crippen LogP contribution in [0.2, 0.25) is 0 Å². The molecule has 6 heteroatoms. The fourth-order valence-electron chi connectivity index (χ4n) is 3.16. The molecule has 1 atom stereocenters. The number of fused-ring (bicyclic) bond motifs is 3. The lowest BCUT2D eigenvalue weighted by Gasteiger charge is -2.13. The molecule has 1 unspecified atom stereocenters. The number of furan rings is 1. The predicted molar refractivity (Wildman–Crippen MR) is 94.6 cm³/mol. The minimum atomic E-state index is -0.584.